The number of aromatic amines is 1. The molecule has 11 heteroatoms. The van der Waals surface area contributed by atoms with Gasteiger partial charge in [-0.2, -0.15) is 13.2 Å². The van der Waals surface area contributed by atoms with E-state index in [-0.39, 0.29) is 21.7 Å². The van der Waals surface area contributed by atoms with E-state index in [4.69, 9.17) is 23.2 Å². The van der Waals surface area contributed by atoms with E-state index in [0.29, 0.717) is 16.2 Å². The van der Waals surface area contributed by atoms with Crippen LogP contribution in [0.2, 0.25) is 10.0 Å². The molecule has 0 fully saturated rings. The molecule has 3 aromatic rings. The summed E-state index contributed by atoms with van der Waals surface area (Å²) in [5, 5.41) is 5.74. The number of methoxy groups -OCH3 is 1. The van der Waals surface area contributed by atoms with E-state index < -0.39 is 24.1 Å². The van der Waals surface area contributed by atoms with Crippen molar-refractivity contribution in [1.29, 1.82) is 0 Å². The third-order valence-corrected chi connectivity index (χ3v) is 4.77. The minimum absolute atomic E-state index is 0.116. The van der Waals surface area contributed by atoms with Gasteiger partial charge in [-0.3, -0.25) is 4.79 Å². The smallest absolute Gasteiger partial charge is 0.406 e. The molecule has 0 aliphatic heterocycles. The Balaban J connectivity index is 1.88. The number of anilines is 2. The van der Waals surface area contributed by atoms with E-state index in [1.165, 1.54) is 36.4 Å². The fraction of sp³-hybridized carbons (Fsp3) is 0.158. The van der Waals surface area contributed by atoms with E-state index in [2.05, 4.69) is 20.4 Å². The average Bonchev–Trinajstić information content (AvgIpc) is 3.05. The first-order valence-electron chi connectivity index (χ1n) is 8.38. The number of carbonyl (C=O) groups is 2. The fourth-order valence-corrected chi connectivity index (χ4v) is 3.34. The number of hydrogen-bond acceptors (Lipinski definition) is 3. The van der Waals surface area contributed by atoms with Crippen molar-refractivity contribution in [1.82, 2.24) is 4.98 Å². The predicted octanol–water partition coefficient (Wildman–Crippen LogP) is 5.94. The maximum Gasteiger partial charge on any atom is 0.406 e. The second-order valence-corrected chi connectivity index (χ2v) is 7.05. The number of esters is 1. The lowest BCUT2D eigenvalue weighted by atomic mass is 9.97. The van der Waals surface area contributed by atoms with E-state index in [1.54, 1.807) is 0 Å². The number of aromatic nitrogens is 1. The fourth-order valence-electron chi connectivity index (χ4n) is 2.89. The third-order valence-electron chi connectivity index (χ3n) is 4.23. The molecule has 2 aromatic carbocycles. The molecule has 1 atom stereocenters. The molecular formula is C19H14Cl2F3N3O3. The summed E-state index contributed by atoms with van der Waals surface area (Å²) in [6.07, 6.45) is -3.76. The molecule has 0 aliphatic carbocycles. The molecule has 0 radical (unpaired) electrons. The summed E-state index contributed by atoms with van der Waals surface area (Å²) in [7, 11) is 0.884. The van der Waals surface area contributed by atoms with Gasteiger partial charge in [-0.1, -0.05) is 23.2 Å². The van der Waals surface area contributed by atoms with Crippen molar-refractivity contribution in [2.24, 2.45) is 0 Å². The Morgan fingerprint density at radius 2 is 1.83 bits per heavy atom. The van der Waals surface area contributed by atoms with Crippen molar-refractivity contribution in [3.05, 3.63) is 58.2 Å². The van der Waals surface area contributed by atoms with Crippen molar-refractivity contribution in [2.45, 2.75) is 12.1 Å². The van der Waals surface area contributed by atoms with Crippen LogP contribution in [0.1, 0.15) is 11.5 Å². The topological polar surface area (TPSA) is 83.2 Å². The maximum absolute atomic E-state index is 13.5. The summed E-state index contributed by atoms with van der Waals surface area (Å²) in [5.41, 5.74) is 0.547. The summed E-state index contributed by atoms with van der Waals surface area (Å²) < 4.78 is 44.7. The normalized spacial score (nSPS) is 12.5. The van der Waals surface area contributed by atoms with Crippen LogP contribution in [-0.2, 0) is 9.53 Å². The van der Waals surface area contributed by atoms with E-state index in [9.17, 15) is 22.8 Å². The van der Waals surface area contributed by atoms with Gasteiger partial charge in [-0.15, -0.1) is 0 Å². The summed E-state index contributed by atoms with van der Waals surface area (Å²) in [6.45, 7) is 0. The molecule has 0 aliphatic rings. The molecule has 30 heavy (non-hydrogen) atoms. The Labute approximate surface area is 178 Å². The number of halogens is 5. The Hall–Kier alpha value is -2.91. The highest BCUT2D eigenvalue weighted by atomic mass is 35.5. The molecule has 0 saturated carbocycles. The van der Waals surface area contributed by atoms with Crippen LogP contribution in [0, 0.1) is 0 Å². The molecule has 3 N–H and O–H groups in total. The van der Waals surface area contributed by atoms with Crippen molar-refractivity contribution in [3.8, 4) is 0 Å². The highest BCUT2D eigenvalue weighted by Crippen LogP contribution is 2.39. The van der Waals surface area contributed by atoms with Crippen molar-refractivity contribution in [2.75, 3.05) is 17.7 Å². The van der Waals surface area contributed by atoms with Crippen LogP contribution in [0.4, 0.5) is 29.3 Å². The van der Waals surface area contributed by atoms with Gasteiger partial charge in [-0.25, -0.2) is 4.79 Å². The number of hydrogen-bond donors (Lipinski definition) is 3. The minimum Gasteiger partial charge on any atom is -0.468 e. The standard InChI is InChI=1S/C19H14Cl2F3N3O3/c1-30-17(28)16(19(22,23)24)12-8-25-14-5-3-10(7-11(12)14)26-18(29)27-15-4-2-9(20)6-13(15)21/h2-8,16,25H,1H3,(H2,26,27,29). The zero-order valence-electron chi connectivity index (χ0n) is 15.2. The summed E-state index contributed by atoms with van der Waals surface area (Å²) in [6, 6.07) is 8.11. The zero-order chi connectivity index (χ0) is 22.1. The number of fused-ring (bicyclic) bond motifs is 1. The number of amides is 2. The van der Waals surface area contributed by atoms with E-state index in [0.717, 1.165) is 13.3 Å². The number of nitrogens with one attached hydrogen (secondary N) is 3. The Morgan fingerprint density at radius 3 is 2.47 bits per heavy atom. The third kappa shape index (κ3) is 4.63. The molecule has 0 bridgehead atoms. The molecule has 2 amide bonds. The lowest BCUT2D eigenvalue weighted by Crippen LogP contribution is -2.29. The number of ether oxygens (including phenoxy) is 1. The lowest BCUT2D eigenvalue weighted by molar-refractivity contribution is -0.179. The quantitative estimate of drug-likeness (QED) is 0.422. The Kier molecular flexibility index (Phi) is 6.14. The number of H-pyrrole nitrogens is 1. The van der Waals surface area contributed by atoms with Gasteiger partial charge in [-0.05, 0) is 36.4 Å². The van der Waals surface area contributed by atoms with Crippen molar-refractivity contribution < 1.29 is 27.5 Å². The van der Waals surface area contributed by atoms with Gasteiger partial charge in [0.25, 0.3) is 0 Å². The predicted molar refractivity (Wildman–Crippen MR) is 108 cm³/mol. The second kappa shape index (κ2) is 8.45. The molecule has 1 heterocycles. The van der Waals surface area contributed by atoms with Crippen LogP contribution in [0.3, 0.4) is 0 Å². The van der Waals surface area contributed by atoms with Crippen LogP contribution in [0.5, 0.6) is 0 Å². The van der Waals surface area contributed by atoms with Gasteiger partial charge in [0, 0.05) is 33.4 Å². The van der Waals surface area contributed by atoms with Crippen LogP contribution < -0.4 is 10.6 Å². The van der Waals surface area contributed by atoms with Crippen molar-refractivity contribution in [3.63, 3.8) is 0 Å². The highest BCUT2D eigenvalue weighted by molar-refractivity contribution is 6.36. The van der Waals surface area contributed by atoms with Gasteiger partial charge in [0.1, 0.15) is 0 Å². The number of rotatable bonds is 4. The van der Waals surface area contributed by atoms with Gasteiger partial charge >= 0.3 is 18.2 Å². The number of benzene rings is 2. The lowest BCUT2D eigenvalue weighted by Gasteiger charge is -2.17. The van der Waals surface area contributed by atoms with Crippen LogP contribution in [-0.4, -0.2) is 30.3 Å². The first-order valence-corrected chi connectivity index (χ1v) is 9.14. The zero-order valence-corrected chi connectivity index (χ0v) is 16.7. The SMILES string of the molecule is COC(=O)C(c1c[nH]c2ccc(NC(=O)Nc3ccc(Cl)cc3Cl)cc12)C(F)(F)F. The van der Waals surface area contributed by atoms with E-state index >= 15 is 0 Å². The molecule has 1 unspecified atom stereocenters. The molecule has 6 nitrogen and oxygen atoms in total. The summed E-state index contributed by atoms with van der Waals surface area (Å²) in [4.78, 5) is 26.7. The highest BCUT2D eigenvalue weighted by Gasteiger charge is 2.48. The Bertz CT molecular complexity index is 1120. The molecule has 0 spiro atoms. The van der Waals surface area contributed by atoms with Gasteiger partial charge in [0.2, 0.25) is 0 Å². The van der Waals surface area contributed by atoms with Crippen LogP contribution in [0.15, 0.2) is 42.6 Å². The average molecular weight is 460 g/mol. The minimum atomic E-state index is -4.85. The monoisotopic (exact) mass is 459 g/mol. The van der Waals surface area contributed by atoms with Gasteiger partial charge in [0.05, 0.1) is 17.8 Å². The first kappa shape index (κ1) is 21.8. The number of carbonyl (C=O) groups excluding carboxylic acids is 2. The molecule has 3 rings (SSSR count). The largest absolute Gasteiger partial charge is 0.468 e. The summed E-state index contributed by atoms with van der Waals surface area (Å²) >= 11 is 11.8. The van der Waals surface area contributed by atoms with Crippen LogP contribution in [0.25, 0.3) is 10.9 Å². The van der Waals surface area contributed by atoms with E-state index in [1.807, 2.05) is 0 Å². The first-order chi connectivity index (χ1) is 14.1. The number of alkyl halides is 3. The van der Waals surface area contributed by atoms with Gasteiger partial charge < -0.3 is 20.4 Å². The Morgan fingerprint density at radius 1 is 1.10 bits per heavy atom. The van der Waals surface area contributed by atoms with Crippen molar-refractivity contribution >= 4 is 57.5 Å². The second-order valence-electron chi connectivity index (χ2n) is 6.21. The summed E-state index contributed by atoms with van der Waals surface area (Å²) in [5.74, 6) is -3.90. The van der Waals surface area contributed by atoms with Crippen LogP contribution >= 0.6 is 23.2 Å². The molecule has 158 valence electrons. The molecular weight excluding hydrogens is 446 g/mol. The maximum atomic E-state index is 13.5. The molecule has 0 saturated heterocycles. The van der Waals surface area contributed by atoms with Gasteiger partial charge in [0.15, 0.2) is 5.92 Å². The number of urea groups is 1. The molecule has 1 aromatic heterocycles.